The van der Waals surface area contributed by atoms with Gasteiger partial charge in [0.25, 0.3) is 11.8 Å². The first kappa shape index (κ1) is 21.7. The highest BCUT2D eigenvalue weighted by atomic mass is 16.5. The zero-order valence-corrected chi connectivity index (χ0v) is 18.2. The molecule has 3 aromatic rings. The minimum atomic E-state index is -0.321. The molecule has 0 radical (unpaired) electrons. The first-order chi connectivity index (χ1) is 15.6. The van der Waals surface area contributed by atoms with Crippen LogP contribution in [0.5, 0.6) is 5.75 Å². The number of ether oxygens (including phenoxy) is 1. The summed E-state index contributed by atoms with van der Waals surface area (Å²) < 4.78 is 10.8. The Labute approximate surface area is 188 Å². The summed E-state index contributed by atoms with van der Waals surface area (Å²) in [4.78, 5) is 24.4. The molecule has 0 atom stereocenters. The number of carbonyl (C=O) groups is 2. The Hall–Kier alpha value is -3.54. The van der Waals surface area contributed by atoms with Crippen LogP contribution in [0.2, 0.25) is 0 Å². The van der Waals surface area contributed by atoms with Crippen molar-refractivity contribution in [2.45, 2.75) is 44.9 Å². The number of nitrogens with one attached hydrogen (secondary N) is 2. The number of hydrogen-bond acceptors (Lipinski definition) is 4. The Balaban J connectivity index is 1.27. The molecule has 4 rings (SSSR count). The highest BCUT2D eigenvalue weighted by Crippen LogP contribution is 2.33. The predicted octanol–water partition coefficient (Wildman–Crippen LogP) is 5.91. The number of carbonyl (C=O) groups excluding carboxylic acids is 2. The molecule has 2 N–H and O–H groups in total. The lowest BCUT2D eigenvalue weighted by Gasteiger charge is -2.22. The van der Waals surface area contributed by atoms with Crippen molar-refractivity contribution in [3.8, 4) is 5.75 Å². The van der Waals surface area contributed by atoms with Gasteiger partial charge in [-0.1, -0.05) is 31.4 Å². The monoisotopic (exact) mass is 432 g/mol. The van der Waals surface area contributed by atoms with Gasteiger partial charge in [-0.2, -0.15) is 0 Å². The molecular formula is C26H28N2O4. The van der Waals surface area contributed by atoms with Crippen LogP contribution in [0.15, 0.2) is 65.3 Å². The molecule has 0 spiro atoms. The Morgan fingerprint density at radius 2 is 1.78 bits per heavy atom. The number of aryl methyl sites for hydroxylation is 1. The second-order valence-electron chi connectivity index (χ2n) is 8.20. The summed E-state index contributed by atoms with van der Waals surface area (Å²) in [6.45, 7) is 1.79. The molecule has 166 valence electrons. The minimum absolute atomic E-state index is 0.0706. The molecule has 2 aromatic carbocycles. The van der Waals surface area contributed by atoms with E-state index in [4.69, 9.17) is 9.15 Å². The van der Waals surface area contributed by atoms with E-state index >= 15 is 0 Å². The van der Waals surface area contributed by atoms with E-state index < -0.39 is 0 Å². The van der Waals surface area contributed by atoms with Gasteiger partial charge in [-0.3, -0.25) is 9.59 Å². The average molecular weight is 433 g/mol. The van der Waals surface area contributed by atoms with Crippen molar-refractivity contribution in [3.63, 3.8) is 0 Å². The maximum Gasteiger partial charge on any atom is 0.291 e. The van der Waals surface area contributed by atoms with Crippen LogP contribution in [-0.4, -0.2) is 18.4 Å². The fourth-order valence-electron chi connectivity index (χ4n) is 4.09. The van der Waals surface area contributed by atoms with Crippen LogP contribution in [0, 0.1) is 6.92 Å². The van der Waals surface area contributed by atoms with Gasteiger partial charge in [-0.25, -0.2) is 0 Å². The van der Waals surface area contributed by atoms with Gasteiger partial charge < -0.3 is 19.8 Å². The Morgan fingerprint density at radius 3 is 2.47 bits per heavy atom. The van der Waals surface area contributed by atoms with Crippen LogP contribution in [0.3, 0.4) is 0 Å². The molecular weight excluding hydrogens is 404 g/mol. The molecule has 0 bridgehead atoms. The van der Waals surface area contributed by atoms with Crippen molar-refractivity contribution in [2.24, 2.45) is 0 Å². The number of amides is 2. The molecule has 0 saturated heterocycles. The first-order valence-corrected chi connectivity index (χ1v) is 11.1. The standard InChI is InChI=1S/C26H28N2O4/c1-18-16-21(11-14-23(18)28-26(30)24-8-5-15-31-24)27-25(29)17-32-22-12-9-20(10-13-22)19-6-3-2-4-7-19/h5,8-16,19H,2-4,6-7,17H2,1H3,(H,27,29)(H,28,30). The summed E-state index contributed by atoms with van der Waals surface area (Å²) in [6.07, 6.45) is 7.92. The highest BCUT2D eigenvalue weighted by molar-refractivity contribution is 6.03. The molecule has 2 amide bonds. The van der Waals surface area contributed by atoms with Crippen molar-refractivity contribution >= 4 is 23.2 Å². The van der Waals surface area contributed by atoms with Crippen LogP contribution in [-0.2, 0) is 4.79 Å². The van der Waals surface area contributed by atoms with Gasteiger partial charge in [0.05, 0.1) is 6.26 Å². The smallest absolute Gasteiger partial charge is 0.291 e. The summed E-state index contributed by atoms with van der Waals surface area (Å²) in [7, 11) is 0. The fraction of sp³-hybridized carbons (Fsp3) is 0.308. The topological polar surface area (TPSA) is 80.6 Å². The zero-order valence-electron chi connectivity index (χ0n) is 18.2. The normalized spacial score (nSPS) is 14.0. The number of benzene rings is 2. The van der Waals surface area contributed by atoms with Crippen molar-refractivity contribution < 1.29 is 18.7 Å². The molecule has 1 aliphatic carbocycles. The SMILES string of the molecule is Cc1cc(NC(=O)COc2ccc(C3CCCCC3)cc2)ccc1NC(=O)c1ccco1. The molecule has 1 saturated carbocycles. The minimum Gasteiger partial charge on any atom is -0.484 e. The van der Waals surface area contributed by atoms with Gasteiger partial charge in [-0.15, -0.1) is 0 Å². The summed E-state index contributed by atoms with van der Waals surface area (Å²) in [5, 5.41) is 5.63. The second kappa shape index (κ2) is 10.2. The van der Waals surface area contributed by atoms with Gasteiger partial charge >= 0.3 is 0 Å². The molecule has 1 fully saturated rings. The van der Waals surface area contributed by atoms with Crippen LogP contribution in [0.4, 0.5) is 11.4 Å². The third kappa shape index (κ3) is 5.58. The molecule has 32 heavy (non-hydrogen) atoms. The predicted molar refractivity (Wildman–Crippen MR) is 124 cm³/mol. The first-order valence-electron chi connectivity index (χ1n) is 11.1. The van der Waals surface area contributed by atoms with Gasteiger partial charge in [0.2, 0.25) is 0 Å². The van der Waals surface area contributed by atoms with E-state index in [1.165, 1.54) is 43.9 Å². The number of anilines is 2. The largest absolute Gasteiger partial charge is 0.484 e. The summed E-state index contributed by atoms with van der Waals surface area (Å²) in [5.41, 5.74) is 3.47. The van der Waals surface area contributed by atoms with Crippen molar-refractivity contribution in [1.82, 2.24) is 0 Å². The highest BCUT2D eigenvalue weighted by Gasteiger charge is 2.15. The van der Waals surface area contributed by atoms with Crippen LogP contribution >= 0.6 is 0 Å². The van der Waals surface area contributed by atoms with Crippen molar-refractivity contribution in [1.29, 1.82) is 0 Å². The zero-order chi connectivity index (χ0) is 22.3. The lowest BCUT2D eigenvalue weighted by atomic mass is 9.84. The van der Waals surface area contributed by atoms with Gasteiger partial charge in [0.15, 0.2) is 12.4 Å². The molecule has 1 aliphatic rings. The number of rotatable bonds is 7. The third-order valence-electron chi connectivity index (χ3n) is 5.83. The van der Waals surface area contributed by atoms with Crippen molar-refractivity contribution in [2.75, 3.05) is 17.2 Å². The molecule has 1 aromatic heterocycles. The maximum absolute atomic E-state index is 12.3. The third-order valence-corrected chi connectivity index (χ3v) is 5.83. The maximum atomic E-state index is 12.3. The Kier molecular flexibility index (Phi) is 6.90. The van der Waals surface area contributed by atoms with E-state index in [1.807, 2.05) is 19.1 Å². The molecule has 0 aliphatic heterocycles. The summed E-state index contributed by atoms with van der Waals surface area (Å²) in [5.74, 6) is 1.01. The van der Waals surface area contributed by atoms with Crippen LogP contribution in [0.1, 0.15) is 59.7 Å². The Bertz CT molecular complexity index is 1050. The van der Waals surface area contributed by atoms with E-state index in [0.717, 1.165) is 5.56 Å². The average Bonchev–Trinajstić information content (AvgIpc) is 3.36. The molecule has 0 unspecified atom stereocenters. The van der Waals surface area contributed by atoms with E-state index in [1.54, 1.807) is 30.3 Å². The second-order valence-corrected chi connectivity index (χ2v) is 8.20. The molecule has 6 heteroatoms. The lowest BCUT2D eigenvalue weighted by molar-refractivity contribution is -0.118. The van der Waals surface area contributed by atoms with Gasteiger partial charge in [0, 0.05) is 11.4 Å². The quantitative estimate of drug-likeness (QED) is 0.487. The van der Waals surface area contributed by atoms with Crippen LogP contribution in [0.25, 0.3) is 0 Å². The van der Waals surface area contributed by atoms with E-state index in [2.05, 4.69) is 22.8 Å². The molecule has 1 heterocycles. The van der Waals surface area contributed by atoms with Gasteiger partial charge in [-0.05, 0) is 79.3 Å². The fourth-order valence-corrected chi connectivity index (χ4v) is 4.09. The lowest BCUT2D eigenvalue weighted by Crippen LogP contribution is -2.20. The van der Waals surface area contributed by atoms with E-state index in [9.17, 15) is 9.59 Å². The number of furan rings is 1. The van der Waals surface area contributed by atoms with E-state index in [0.29, 0.717) is 23.0 Å². The van der Waals surface area contributed by atoms with E-state index in [-0.39, 0.29) is 24.2 Å². The summed E-state index contributed by atoms with van der Waals surface area (Å²) in [6, 6.07) is 16.7. The summed E-state index contributed by atoms with van der Waals surface area (Å²) >= 11 is 0. The van der Waals surface area contributed by atoms with Gasteiger partial charge in [0.1, 0.15) is 5.75 Å². The van der Waals surface area contributed by atoms with Crippen molar-refractivity contribution in [3.05, 3.63) is 77.7 Å². The van der Waals surface area contributed by atoms with Crippen LogP contribution < -0.4 is 15.4 Å². The number of hydrogen-bond donors (Lipinski definition) is 2. The Morgan fingerprint density at radius 1 is 1.00 bits per heavy atom. The molecule has 6 nitrogen and oxygen atoms in total.